The third-order valence-corrected chi connectivity index (χ3v) is 3.68. The van der Waals surface area contributed by atoms with Crippen LogP contribution in [0.3, 0.4) is 0 Å². The summed E-state index contributed by atoms with van der Waals surface area (Å²) in [6.45, 7) is 4.58. The second-order valence-electron chi connectivity index (χ2n) is 5.28. The normalized spacial score (nSPS) is 11.0. The van der Waals surface area contributed by atoms with E-state index in [1.807, 2.05) is 40.8 Å². The molecule has 0 amide bonds. The molecule has 0 bridgehead atoms. The van der Waals surface area contributed by atoms with Gasteiger partial charge in [-0.1, -0.05) is 30.3 Å². The summed E-state index contributed by atoms with van der Waals surface area (Å²) in [5.74, 6) is 0. The van der Waals surface area contributed by atoms with Gasteiger partial charge in [0.15, 0.2) is 0 Å². The van der Waals surface area contributed by atoms with E-state index < -0.39 is 0 Å². The van der Waals surface area contributed by atoms with Crippen molar-refractivity contribution in [2.75, 3.05) is 0 Å². The van der Waals surface area contributed by atoms with Gasteiger partial charge >= 0.3 is 0 Å². The van der Waals surface area contributed by atoms with Gasteiger partial charge in [-0.2, -0.15) is 10.2 Å². The quantitative estimate of drug-likeness (QED) is 0.760. The van der Waals surface area contributed by atoms with E-state index in [-0.39, 0.29) is 0 Å². The summed E-state index contributed by atoms with van der Waals surface area (Å²) >= 11 is 0. The number of hydrogen-bond acceptors (Lipinski definition) is 3. The number of aryl methyl sites for hydroxylation is 2. The highest BCUT2D eigenvalue weighted by Gasteiger charge is 2.10. The minimum atomic E-state index is 0.785. The Morgan fingerprint density at radius 3 is 2.68 bits per heavy atom. The first-order valence-electron chi connectivity index (χ1n) is 7.57. The van der Waals surface area contributed by atoms with Gasteiger partial charge in [0.1, 0.15) is 0 Å². The van der Waals surface area contributed by atoms with Crippen LogP contribution in [0.15, 0.2) is 48.8 Å². The molecular weight excluding hydrogens is 274 g/mol. The summed E-state index contributed by atoms with van der Waals surface area (Å²) in [6.07, 6.45) is 3.92. The predicted molar refractivity (Wildman–Crippen MR) is 87.1 cm³/mol. The van der Waals surface area contributed by atoms with Crippen LogP contribution in [0.5, 0.6) is 0 Å². The van der Waals surface area contributed by atoms with E-state index in [1.54, 1.807) is 0 Å². The van der Waals surface area contributed by atoms with Crippen molar-refractivity contribution in [2.24, 2.45) is 7.05 Å². The second-order valence-corrected chi connectivity index (χ2v) is 5.28. The number of benzene rings is 1. The van der Waals surface area contributed by atoms with Gasteiger partial charge in [-0.15, -0.1) is 0 Å². The molecule has 5 heteroatoms. The van der Waals surface area contributed by atoms with Crippen LogP contribution in [0.2, 0.25) is 0 Å². The molecule has 0 unspecified atom stereocenters. The molecule has 0 aliphatic heterocycles. The highest BCUT2D eigenvalue weighted by Crippen LogP contribution is 2.21. The summed E-state index contributed by atoms with van der Waals surface area (Å²) < 4.78 is 3.88. The first-order valence-corrected chi connectivity index (χ1v) is 7.57. The number of nitrogens with zero attached hydrogens (tertiary/aromatic N) is 4. The minimum Gasteiger partial charge on any atom is -0.307 e. The fourth-order valence-corrected chi connectivity index (χ4v) is 2.63. The number of aromatic nitrogens is 4. The van der Waals surface area contributed by atoms with E-state index in [9.17, 15) is 0 Å². The molecule has 1 N–H and O–H groups in total. The lowest BCUT2D eigenvalue weighted by Gasteiger charge is -2.07. The monoisotopic (exact) mass is 295 g/mol. The summed E-state index contributed by atoms with van der Waals surface area (Å²) in [6, 6.07) is 12.4. The molecule has 2 heterocycles. The Kier molecular flexibility index (Phi) is 4.34. The molecule has 0 fully saturated rings. The Balaban J connectivity index is 1.71. The maximum Gasteiger partial charge on any atom is 0.0967 e. The average molecular weight is 295 g/mol. The first-order chi connectivity index (χ1) is 10.8. The number of rotatable bonds is 6. The van der Waals surface area contributed by atoms with Crippen molar-refractivity contribution in [1.29, 1.82) is 0 Å². The molecule has 0 spiro atoms. The fraction of sp³-hybridized carbons (Fsp3) is 0.294. The van der Waals surface area contributed by atoms with E-state index in [0.717, 1.165) is 30.9 Å². The number of hydrogen-bond donors (Lipinski definition) is 1. The van der Waals surface area contributed by atoms with Gasteiger partial charge in [-0.3, -0.25) is 9.36 Å². The molecule has 22 heavy (non-hydrogen) atoms. The third-order valence-electron chi connectivity index (χ3n) is 3.68. The third kappa shape index (κ3) is 3.09. The Morgan fingerprint density at radius 2 is 1.91 bits per heavy atom. The lowest BCUT2D eigenvalue weighted by molar-refractivity contribution is 0.581. The van der Waals surface area contributed by atoms with Crippen LogP contribution in [0.4, 0.5) is 0 Å². The van der Waals surface area contributed by atoms with Gasteiger partial charge in [0, 0.05) is 50.2 Å². The van der Waals surface area contributed by atoms with Crippen LogP contribution in [-0.2, 0) is 26.7 Å². The summed E-state index contributed by atoms with van der Waals surface area (Å²) in [4.78, 5) is 0. The Labute approximate surface area is 130 Å². The first kappa shape index (κ1) is 14.5. The number of nitrogens with one attached hydrogen (secondary N) is 1. The van der Waals surface area contributed by atoms with Gasteiger partial charge in [0.05, 0.1) is 11.4 Å². The van der Waals surface area contributed by atoms with E-state index in [1.165, 1.54) is 11.3 Å². The Bertz CT molecular complexity index is 727. The molecular formula is C17H21N5. The standard InChI is InChI=1S/C17H21N5/c1-3-22-16(9-10-19-22)12-18-11-15-13-21(2)20-17(15)14-7-5-4-6-8-14/h4-10,13,18H,3,11-12H2,1-2H3. The molecule has 0 aliphatic rings. The minimum absolute atomic E-state index is 0.785. The topological polar surface area (TPSA) is 47.7 Å². The Hall–Kier alpha value is -2.40. The molecule has 5 nitrogen and oxygen atoms in total. The molecule has 3 aromatic rings. The molecule has 0 atom stereocenters. The lowest BCUT2D eigenvalue weighted by atomic mass is 10.1. The van der Waals surface area contributed by atoms with E-state index in [0.29, 0.717) is 0 Å². The van der Waals surface area contributed by atoms with Crippen molar-refractivity contribution in [3.63, 3.8) is 0 Å². The van der Waals surface area contributed by atoms with Crippen molar-refractivity contribution >= 4 is 0 Å². The van der Waals surface area contributed by atoms with Gasteiger partial charge in [-0.05, 0) is 13.0 Å². The molecule has 0 saturated heterocycles. The maximum atomic E-state index is 4.59. The molecule has 0 saturated carbocycles. The average Bonchev–Trinajstić information content (AvgIpc) is 3.14. The van der Waals surface area contributed by atoms with Crippen molar-refractivity contribution in [3.8, 4) is 11.3 Å². The zero-order valence-electron chi connectivity index (χ0n) is 13.0. The van der Waals surface area contributed by atoms with Crippen LogP contribution in [-0.4, -0.2) is 19.6 Å². The van der Waals surface area contributed by atoms with Crippen molar-refractivity contribution in [3.05, 3.63) is 60.0 Å². The van der Waals surface area contributed by atoms with Crippen LogP contribution < -0.4 is 5.32 Å². The van der Waals surface area contributed by atoms with E-state index in [4.69, 9.17) is 0 Å². The highest BCUT2D eigenvalue weighted by molar-refractivity contribution is 5.62. The fourth-order valence-electron chi connectivity index (χ4n) is 2.63. The van der Waals surface area contributed by atoms with Gasteiger partial charge < -0.3 is 5.32 Å². The van der Waals surface area contributed by atoms with Crippen LogP contribution >= 0.6 is 0 Å². The molecule has 0 aliphatic carbocycles. The SMILES string of the molecule is CCn1nccc1CNCc1cn(C)nc1-c1ccccc1. The zero-order valence-corrected chi connectivity index (χ0v) is 13.0. The molecule has 0 radical (unpaired) electrons. The summed E-state index contributed by atoms with van der Waals surface area (Å²) in [7, 11) is 1.96. The largest absolute Gasteiger partial charge is 0.307 e. The predicted octanol–water partition coefficient (Wildman–Crippen LogP) is 2.59. The molecule has 3 rings (SSSR count). The Morgan fingerprint density at radius 1 is 1.09 bits per heavy atom. The zero-order chi connectivity index (χ0) is 15.4. The van der Waals surface area contributed by atoms with E-state index in [2.05, 4.69) is 46.8 Å². The second kappa shape index (κ2) is 6.58. The summed E-state index contributed by atoms with van der Waals surface area (Å²) in [5.41, 5.74) is 4.60. The smallest absolute Gasteiger partial charge is 0.0967 e. The van der Waals surface area contributed by atoms with Crippen molar-refractivity contribution < 1.29 is 0 Å². The van der Waals surface area contributed by atoms with E-state index >= 15 is 0 Å². The lowest BCUT2D eigenvalue weighted by Crippen LogP contribution is -2.16. The summed E-state index contributed by atoms with van der Waals surface area (Å²) in [5, 5.41) is 12.4. The van der Waals surface area contributed by atoms with Gasteiger partial charge in [-0.25, -0.2) is 0 Å². The molecule has 1 aromatic carbocycles. The van der Waals surface area contributed by atoms with Crippen molar-refractivity contribution in [1.82, 2.24) is 24.9 Å². The van der Waals surface area contributed by atoms with Crippen LogP contribution in [0.1, 0.15) is 18.2 Å². The maximum absolute atomic E-state index is 4.59. The highest BCUT2D eigenvalue weighted by atomic mass is 15.3. The van der Waals surface area contributed by atoms with Gasteiger partial charge in [0.2, 0.25) is 0 Å². The van der Waals surface area contributed by atoms with Crippen molar-refractivity contribution in [2.45, 2.75) is 26.6 Å². The van der Waals surface area contributed by atoms with Crippen LogP contribution in [0.25, 0.3) is 11.3 Å². The molecule has 114 valence electrons. The van der Waals surface area contributed by atoms with Crippen LogP contribution in [0, 0.1) is 0 Å². The molecule has 2 aromatic heterocycles. The van der Waals surface area contributed by atoms with Gasteiger partial charge in [0.25, 0.3) is 0 Å².